The summed E-state index contributed by atoms with van der Waals surface area (Å²) in [6.45, 7) is 1.66. The van der Waals surface area contributed by atoms with Crippen LogP contribution in [0.4, 0.5) is 0 Å². The number of hydrogen-bond acceptors (Lipinski definition) is 6. The van der Waals surface area contributed by atoms with Crippen molar-refractivity contribution in [1.29, 1.82) is 0 Å². The Morgan fingerprint density at radius 1 is 0.962 bits per heavy atom. The Bertz CT molecular complexity index is 438. The van der Waals surface area contributed by atoms with Crippen LogP contribution in [0.3, 0.4) is 0 Å². The first kappa shape index (κ1) is 21.2. The zero-order valence-electron chi connectivity index (χ0n) is 16.2. The van der Waals surface area contributed by atoms with Gasteiger partial charge in [0.2, 0.25) is 0 Å². The van der Waals surface area contributed by atoms with Gasteiger partial charge in [0.15, 0.2) is 0 Å². The fourth-order valence-electron chi connectivity index (χ4n) is 4.41. The molecule has 0 spiro atoms. The van der Waals surface area contributed by atoms with Gasteiger partial charge in [-0.2, -0.15) is 0 Å². The van der Waals surface area contributed by atoms with E-state index in [1.54, 1.807) is 7.11 Å². The van der Waals surface area contributed by atoms with Crippen molar-refractivity contribution in [2.24, 2.45) is 17.8 Å². The summed E-state index contributed by atoms with van der Waals surface area (Å²) < 4.78 is 21.2. The van der Waals surface area contributed by atoms with Crippen LogP contribution in [0, 0.1) is 17.8 Å². The number of fused-ring (bicyclic) bond motifs is 1. The molecule has 2 saturated carbocycles. The van der Waals surface area contributed by atoms with Crippen LogP contribution in [0.2, 0.25) is 0 Å². The average molecular weight is 370 g/mol. The molecule has 2 aliphatic rings. The lowest BCUT2D eigenvalue weighted by atomic mass is 9.64. The van der Waals surface area contributed by atoms with Crippen LogP contribution >= 0.6 is 0 Å². The normalized spacial score (nSPS) is 28.2. The minimum absolute atomic E-state index is 0.0698. The van der Waals surface area contributed by atoms with Gasteiger partial charge in [0.25, 0.3) is 0 Å². The third kappa shape index (κ3) is 6.54. The first-order chi connectivity index (χ1) is 12.7. The summed E-state index contributed by atoms with van der Waals surface area (Å²) in [6, 6.07) is 0. The van der Waals surface area contributed by atoms with E-state index in [9.17, 15) is 9.59 Å². The predicted molar refractivity (Wildman–Crippen MR) is 96.6 cm³/mol. The van der Waals surface area contributed by atoms with E-state index in [-0.39, 0.29) is 37.0 Å². The zero-order chi connectivity index (χ0) is 18.8. The minimum Gasteiger partial charge on any atom is -0.469 e. The van der Waals surface area contributed by atoms with Crippen molar-refractivity contribution in [3.63, 3.8) is 0 Å². The molecule has 0 radical (unpaired) electrons. The zero-order valence-corrected chi connectivity index (χ0v) is 16.2. The highest BCUT2D eigenvalue weighted by Crippen LogP contribution is 2.45. The van der Waals surface area contributed by atoms with E-state index in [2.05, 4.69) is 4.74 Å². The van der Waals surface area contributed by atoms with Crippen LogP contribution in [0.25, 0.3) is 0 Å². The first-order valence-electron chi connectivity index (χ1n) is 9.99. The van der Waals surface area contributed by atoms with Gasteiger partial charge in [-0.1, -0.05) is 19.3 Å². The smallest absolute Gasteiger partial charge is 0.309 e. The highest BCUT2D eigenvalue weighted by Gasteiger charge is 2.43. The maximum absolute atomic E-state index is 12.7. The number of ether oxygens (including phenoxy) is 4. The van der Waals surface area contributed by atoms with Gasteiger partial charge in [-0.3, -0.25) is 9.59 Å². The monoisotopic (exact) mass is 370 g/mol. The van der Waals surface area contributed by atoms with Gasteiger partial charge in [0, 0.05) is 26.7 Å². The summed E-state index contributed by atoms with van der Waals surface area (Å²) in [5.41, 5.74) is 0. The lowest BCUT2D eigenvalue weighted by molar-refractivity contribution is -0.158. The summed E-state index contributed by atoms with van der Waals surface area (Å²) in [6.07, 6.45) is 8.38. The number of methoxy groups -OCH3 is 2. The van der Waals surface area contributed by atoms with Crippen LogP contribution in [-0.2, 0) is 28.5 Å². The Morgan fingerprint density at radius 2 is 1.77 bits per heavy atom. The fraction of sp³-hybridized carbons (Fsp3) is 0.900. The van der Waals surface area contributed by atoms with Crippen LogP contribution in [0.5, 0.6) is 0 Å². The Balaban J connectivity index is 1.83. The molecule has 0 N–H and O–H groups in total. The van der Waals surface area contributed by atoms with Crippen molar-refractivity contribution in [2.45, 2.75) is 63.9 Å². The molecule has 6 heteroatoms. The van der Waals surface area contributed by atoms with Crippen LogP contribution in [-0.4, -0.2) is 52.1 Å². The first-order valence-corrected chi connectivity index (χ1v) is 9.99. The van der Waals surface area contributed by atoms with Crippen molar-refractivity contribution in [3.8, 4) is 0 Å². The number of rotatable bonds is 10. The molecular weight excluding hydrogens is 336 g/mol. The molecule has 0 saturated heterocycles. The number of carbonyl (C=O) groups excluding carboxylic acids is 2. The van der Waals surface area contributed by atoms with Crippen LogP contribution in [0.1, 0.15) is 57.8 Å². The van der Waals surface area contributed by atoms with Crippen molar-refractivity contribution in [1.82, 2.24) is 0 Å². The Kier molecular flexibility index (Phi) is 9.40. The lowest BCUT2D eigenvalue weighted by Gasteiger charge is -2.43. The molecule has 26 heavy (non-hydrogen) atoms. The number of esters is 2. The van der Waals surface area contributed by atoms with E-state index < -0.39 is 0 Å². The molecule has 6 nitrogen and oxygen atoms in total. The van der Waals surface area contributed by atoms with E-state index in [4.69, 9.17) is 14.2 Å². The molecule has 150 valence electrons. The second kappa shape index (κ2) is 11.5. The molecule has 4 unspecified atom stereocenters. The molecule has 0 bridgehead atoms. The Morgan fingerprint density at radius 3 is 2.54 bits per heavy atom. The summed E-state index contributed by atoms with van der Waals surface area (Å²) in [5, 5.41) is 0. The highest BCUT2D eigenvalue weighted by molar-refractivity contribution is 5.73. The molecule has 2 rings (SSSR count). The van der Waals surface area contributed by atoms with E-state index >= 15 is 0 Å². The van der Waals surface area contributed by atoms with E-state index in [1.807, 2.05) is 0 Å². The predicted octanol–water partition coefficient (Wildman–Crippen LogP) is 3.12. The fourth-order valence-corrected chi connectivity index (χ4v) is 4.41. The molecule has 0 aromatic rings. The molecule has 4 atom stereocenters. The standard InChI is InChI=1S/C20H34O6/c1-23-10-6-12-25-16-13-15-7-3-4-8-17(15)18(14-16)20(22)26-11-5-9-19(21)24-2/h15-18H,3-14H2,1-2H3. The van der Waals surface area contributed by atoms with Gasteiger partial charge < -0.3 is 18.9 Å². The average Bonchev–Trinajstić information content (AvgIpc) is 2.67. The van der Waals surface area contributed by atoms with Crippen molar-refractivity contribution < 1.29 is 28.5 Å². The minimum atomic E-state index is -0.268. The van der Waals surface area contributed by atoms with Gasteiger partial charge in [0.1, 0.15) is 0 Å². The third-order valence-electron chi connectivity index (χ3n) is 5.71. The second-order valence-corrected chi connectivity index (χ2v) is 7.47. The summed E-state index contributed by atoms with van der Waals surface area (Å²) in [5.74, 6) is 0.542. The summed E-state index contributed by atoms with van der Waals surface area (Å²) >= 11 is 0. The van der Waals surface area contributed by atoms with Crippen molar-refractivity contribution in [2.75, 3.05) is 34.0 Å². The van der Waals surface area contributed by atoms with Crippen molar-refractivity contribution in [3.05, 3.63) is 0 Å². The van der Waals surface area contributed by atoms with Gasteiger partial charge >= 0.3 is 11.9 Å². The molecule has 0 aromatic carbocycles. The molecule has 2 aliphatic carbocycles. The summed E-state index contributed by atoms with van der Waals surface area (Å²) in [7, 11) is 3.06. The van der Waals surface area contributed by atoms with Gasteiger partial charge in [-0.15, -0.1) is 0 Å². The van der Waals surface area contributed by atoms with Gasteiger partial charge in [-0.25, -0.2) is 0 Å². The van der Waals surface area contributed by atoms with E-state index in [0.29, 0.717) is 31.5 Å². The molecule has 0 aromatic heterocycles. The maximum Gasteiger partial charge on any atom is 0.309 e. The quantitative estimate of drug-likeness (QED) is 0.435. The maximum atomic E-state index is 12.7. The van der Waals surface area contributed by atoms with E-state index in [0.717, 1.165) is 25.7 Å². The SMILES string of the molecule is COCCCOC1CC2CCCCC2C(C(=O)OCCCC(=O)OC)C1. The summed E-state index contributed by atoms with van der Waals surface area (Å²) in [4.78, 5) is 23.8. The highest BCUT2D eigenvalue weighted by atomic mass is 16.5. The third-order valence-corrected chi connectivity index (χ3v) is 5.71. The Labute approximate surface area is 156 Å². The number of hydrogen-bond donors (Lipinski definition) is 0. The van der Waals surface area contributed by atoms with E-state index in [1.165, 1.54) is 26.4 Å². The van der Waals surface area contributed by atoms with Gasteiger partial charge in [0.05, 0.1) is 25.7 Å². The lowest BCUT2D eigenvalue weighted by Crippen LogP contribution is -2.42. The topological polar surface area (TPSA) is 71.1 Å². The molecule has 0 heterocycles. The largest absolute Gasteiger partial charge is 0.469 e. The molecule has 0 amide bonds. The molecule has 2 fully saturated rings. The van der Waals surface area contributed by atoms with Gasteiger partial charge in [-0.05, 0) is 43.9 Å². The Hall–Kier alpha value is -1.14. The van der Waals surface area contributed by atoms with Crippen LogP contribution < -0.4 is 0 Å². The molecule has 0 aliphatic heterocycles. The van der Waals surface area contributed by atoms with Crippen molar-refractivity contribution >= 4 is 11.9 Å². The number of carbonyl (C=O) groups is 2. The molecular formula is C20H34O6. The van der Waals surface area contributed by atoms with Crippen LogP contribution in [0.15, 0.2) is 0 Å². The second-order valence-electron chi connectivity index (χ2n) is 7.47.